The van der Waals surface area contributed by atoms with Gasteiger partial charge in [0.15, 0.2) is 0 Å². The fraction of sp³-hybridized carbons (Fsp3) is 0.250. The SMILES string of the molecule is COC(=O)Cc1csc(N/N=C\c2sccc2C)n1. The summed E-state index contributed by atoms with van der Waals surface area (Å²) in [5.74, 6) is -0.297. The van der Waals surface area contributed by atoms with E-state index in [0.717, 1.165) is 4.88 Å². The van der Waals surface area contributed by atoms with E-state index in [4.69, 9.17) is 0 Å². The van der Waals surface area contributed by atoms with Gasteiger partial charge in [-0.2, -0.15) is 5.10 Å². The van der Waals surface area contributed by atoms with Crippen LogP contribution in [0.3, 0.4) is 0 Å². The summed E-state index contributed by atoms with van der Waals surface area (Å²) in [6, 6.07) is 2.05. The summed E-state index contributed by atoms with van der Waals surface area (Å²) in [6.45, 7) is 2.04. The van der Waals surface area contributed by atoms with Crippen LogP contribution >= 0.6 is 22.7 Å². The number of nitrogens with one attached hydrogen (secondary N) is 1. The molecule has 0 unspecified atom stereocenters. The molecule has 0 aliphatic heterocycles. The number of rotatable bonds is 5. The molecule has 0 aromatic carbocycles. The first-order valence-electron chi connectivity index (χ1n) is 5.53. The molecule has 0 spiro atoms. The van der Waals surface area contributed by atoms with E-state index in [1.54, 1.807) is 17.6 Å². The van der Waals surface area contributed by atoms with Gasteiger partial charge in [-0.3, -0.25) is 10.2 Å². The van der Waals surface area contributed by atoms with Crippen LogP contribution in [0, 0.1) is 6.92 Å². The van der Waals surface area contributed by atoms with Gasteiger partial charge in [0, 0.05) is 10.3 Å². The zero-order valence-electron chi connectivity index (χ0n) is 10.5. The monoisotopic (exact) mass is 295 g/mol. The number of hydrazone groups is 1. The van der Waals surface area contributed by atoms with Gasteiger partial charge in [-0.05, 0) is 23.9 Å². The van der Waals surface area contributed by atoms with Crippen molar-refractivity contribution in [1.29, 1.82) is 0 Å². The molecule has 0 radical (unpaired) electrons. The highest BCUT2D eigenvalue weighted by atomic mass is 32.1. The number of aryl methyl sites for hydroxylation is 1. The van der Waals surface area contributed by atoms with Crippen molar-refractivity contribution in [3.05, 3.63) is 33.0 Å². The quantitative estimate of drug-likeness (QED) is 0.523. The number of esters is 1. The molecule has 5 nitrogen and oxygen atoms in total. The number of thiazole rings is 1. The minimum Gasteiger partial charge on any atom is -0.469 e. The van der Waals surface area contributed by atoms with Gasteiger partial charge >= 0.3 is 5.97 Å². The molecular weight excluding hydrogens is 282 g/mol. The van der Waals surface area contributed by atoms with Crippen LogP contribution in [0.25, 0.3) is 0 Å². The van der Waals surface area contributed by atoms with E-state index in [9.17, 15) is 4.79 Å². The molecular formula is C12H13N3O2S2. The molecule has 0 saturated heterocycles. The van der Waals surface area contributed by atoms with E-state index < -0.39 is 0 Å². The maximum atomic E-state index is 11.1. The summed E-state index contributed by atoms with van der Waals surface area (Å²) < 4.78 is 4.58. The summed E-state index contributed by atoms with van der Waals surface area (Å²) in [4.78, 5) is 16.4. The second-order valence-electron chi connectivity index (χ2n) is 3.73. The molecule has 7 heteroatoms. The Morgan fingerprint density at radius 3 is 3.11 bits per heavy atom. The van der Waals surface area contributed by atoms with E-state index in [0.29, 0.717) is 10.8 Å². The Bertz CT molecular complexity index is 589. The van der Waals surface area contributed by atoms with Crippen LogP contribution in [0.5, 0.6) is 0 Å². The lowest BCUT2D eigenvalue weighted by Crippen LogP contribution is -2.04. The predicted octanol–water partition coefficient (Wildman–Crippen LogP) is 2.67. The van der Waals surface area contributed by atoms with Gasteiger partial charge in [-0.1, -0.05) is 0 Å². The molecule has 2 heterocycles. The smallest absolute Gasteiger partial charge is 0.311 e. The van der Waals surface area contributed by atoms with Crippen molar-refractivity contribution in [3.63, 3.8) is 0 Å². The number of nitrogens with zero attached hydrogens (tertiary/aromatic N) is 2. The third-order valence-corrected chi connectivity index (χ3v) is 4.10. The average molecular weight is 295 g/mol. The normalized spacial score (nSPS) is 10.8. The summed E-state index contributed by atoms with van der Waals surface area (Å²) in [5.41, 5.74) is 4.73. The van der Waals surface area contributed by atoms with Crippen molar-refractivity contribution in [2.45, 2.75) is 13.3 Å². The fourth-order valence-corrected chi connectivity index (χ4v) is 2.77. The van der Waals surface area contributed by atoms with Crippen molar-refractivity contribution in [1.82, 2.24) is 4.98 Å². The van der Waals surface area contributed by atoms with Crippen molar-refractivity contribution in [2.24, 2.45) is 5.10 Å². The van der Waals surface area contributed by atoms with E-state index >= 15 is 0 Å². The molecule has 2 aromatic rings. The lowest BCUT2D eigenvalue weighted by molar-refractivity contribution is -0.139. The van der Waals surface area contributed by atoms with Crippen molar-refractivity contribution >= 4 is 40.0 Å². The first-order valence-corrected chi connectivity index (χ1v) is 7.29. The van der Waals surface area contributed by atoms with E-state index in [-0.39, 0.29) is 12.4 Å². The molecule has 0 fully saturated rings. The van der Waals surface area contributed by atoms with Crippen LogP contribution in [-0.2, 0) is 16.0 Å². The standard InChI is InChI=1S/C12H13N3O2S2/c1-8-3-4-18-10(8)6-13-15-12-14-9(7-19-12)5-11(16)17-2/h3-4,6-7H,5H2,1-2H3,(H,14,15)/b13-6-. The third-order valence-electron chi connectivity index (χ3n) is 2.35. The lowest BCUT2D eigenvalue weighted by Gasteiger charge is -1.95. The van der Waals surface area contributed by atoms with Gasteiger partial charge in [0.05, 0.1) is 25.4 Å². The van der Waals surface area contributed by atoms with Crippen LogP contribution in [0.4, 0.5) is 5.13 Å². The number of anilines is 1. The summed E-state index contributed by atoms with van der Waals surface area (Å²) in [5, 5.41) is 8.61. The molecule has 2 aromatic heterocycles. The fourth-order valence-electron chi connectivity index (χ4n) is 1.32. The second-order valence-corrected chi connectivity index (χ2v) is 5.54. The van der Waals surface area contributed by atoms with E-state index in [2.05, 4.69) is 20.2 Å². The first kappa shape index (κ1) is 13.7. The van der Waals surface area contributed by atoms with Crippen LogP contribution in [0.2, 0.25) is 0 Å². The Morgan fingerprint density at radius 2 is 2.42 bits per heavy atom. The number of aromatic nitrogens is 1. The summed E-state index contributed by atoms with van der Waals surface area (Å²) in [7, 11) is 1.36. The largest absolute Gasteiger partial charge is 0.469 e. The van der Waals surface area contributed by atoms with Crippen LogP contribution in [-0.4, -0.2) is 24.3 Å². The van der Waals surface area contributed by atoms with Gasteiger partial charge in [0.1, 0.15) is 0 Å². The third kappa shape index (κ3) is 3.87. The van der Waals surface area contributed by atoms with Crippen LogP contribution < -0.4 is 5.43 Å². The molecule has 0 bridgehead atoms. The topological polar surface area (TPSA) is 63.6 Å². The van der Waals surface area contributed by atoms with Gasteiger partial charge in [-0.15, -0.1) is 22.7 Å². The highest BCUT2D eigenvalue weighted by Crippen LogP contribution is 2.17. The van der Waals surface area contributed by atoms with Gasteiger partial charge in [0.25, 0.3) is 0 Å². The number of hydrogen-bond donors (Lipinski definition) is 1. The minimum absolute atomic E-state index is 0.183. The number of carbonyl (C=O) groups excluding carboxylic acids is 1. The van der Waals surface area contributed by atoms with Crippen LogP contribution in [0.15, 0.2) is 21.9 Å². The minimum atomic E-state index is -0.297. The first-order chi connectivity index (χ1) is 9.19. The number of thiophene rings is 1. The van der Waals surface area contributed by atoms with Gasteiger partial charge < -0.3 is 4.74 Å². The number of methoxy groups -OCH3 is 1. The highest BCUT2D eigenvalue weighted by Gasteiger charge is 2.06. The maximum Gasteiger partial charge on any atom is 0.311 e. The molecule has 0 atom stereocenters. The summed E-state index contributed by atoms with van der Waals surface area (Å²) in [6.07, 6.45) is 1.95. The molecule has 19 heavy (non-hydrogen) atoms. The van der Waals surface area contributed by atoms with Gasteiger partial charge in [0.2, 0.25) is 5.13 Å². The Labute approximate surface area is 119 Å². The molecule has 0 saturated carbocycles. The number of carbonyl (C=O) groups is 1. The average Bonchev–Trinajstić information content (AvgIpc) is 3.00. The predicted molar refractivity (Wildman–Crippen MR) is 78.1 cm³/mol. The molecule has 0 aliphatic carbocycles. The van der Waals surface area contributed by atoms with E-state index in [1.165, 1.54) is 24.0 Å². The van der Waals surface area contributed by atoms with Crippen LogP contribution in [0.1, 0.15) is 16.1 Å². The number of hydrogen-bond acceptors (Lipinski definition) is 7. The van der Waals surface area contributed by atoms with Crippen molar-refractivity contribution < 1.29 is 9.53 Å². The lowest BCUT2D eigenvalue weighted by atomic mass is 10.3. The highest BCUT2D eigenvalue weighted by molar-refractivity contribution is 7.13. The Kier molecular flexibility index (Phi) is 4.64. The zero-order valence-corrected chi connectivity index (χ0v) is 12.2. The molecule has 0 amide bonds. The number of ether oxygens (including phenoxy) is 1. The molecule has 2 rings (SSSR count). The second kappa shape index (κ2) is 6.44. The maximum absolute atomic E-state index is 11.1. The molecule has 0 aliphatic rings. The summed E-state index contributed by atoms with van der Waals surface area (Å²) >= 11 is 3.04. The van der Waals surface area contributed by atoms with Crippen molar-refractivity contribution in [2.75, 3.05) is 12.5 Å². The Morgan fingerprint density at radius 1 is 1.58 bits per heavy atom. The Hall–Kier alpha value is -1.73. The molecule has 1 N–H and O–H groups in total. The molecule has 100 valence electrons. The van der Waals surface area contributed by atoms with E-state index in [1.807, 2.05) is 23.8 Å². The van der Waals surface area contributed by atoms with Gasteiger partial charge in [-0.25, -0.2) is 4.98 Å². The zero-order chi connectivity index (χ0) is 13.7. The van der Waals surface area contributed by atoms with Crippen molar-refractivity contribution in [3.8, 4) is 0 Å². The Balaban J connectivity index is 1.92.